The van der Waals surface area contributed by atoms with Gasteiger partial charge in [0.05, 0.1) is 11.2 Å². The van der Waals surface area contributed by atoms with Gasteiger partial charge in [0.2, 0.25) is 0 Å². The first-order valence-corrected chi connectivity index (χ1v) is 9.07. The summed E-state index contributed by atoms with van der Waals surface area (Å²) in [5.41, 5.74) is 0.438. The Morgan fingerprint density at radius 1 is 1.16 bits per heavy atom. The molecular formula is C18H18O6S. The minimum absolute atomic E-state index is 0.00544. The minimum Gasteiger partial charge on any atom is -0.507 e. The van der Waals surface area contributed by atoms with Crippen molar-refractivity contribution >= 4 is 15.9 Å². The maximum atomic E-state index is 12.3. The molecule has 0 amide bonds. The Hall–Kier alpha value is -2.38. The van der Waals surface area contributed by atoms with E-state index in [1.165, 1.54) is 24.3 Å². The number of phenols is 1. The lowest BCUT2D eigenvalue weighted by molar-refractivity contribution is 0.0951. The standard InChI is InChI=1S/C18H18O6S/c1-11-4-7-13(8-5-11)25(21,22)24-12-6-9-14(15(19)10-12)16(20)17-18(2,3)23-17/h4-10,17,19H,1-3H3. The van der Waals surface area contributed by atoms with Crippen molar-refractivity contribution in [2.45, 2.75) is 37.4 Å². The molecule has 2 aromatic rings. The van der Waals surface area contributed by atoms with Gasteiger partial charge >= 0.3 is 10.1 Å². The van der Waals surface area contributed by atoms with Gasteiger partial charge in [-0.15, -0.1) is 0 Å². The van der Waals surface area contributed by atoms with Gasteiger partial charge in [-0.25, -0.2) is 0 Å². The third kappa shape index (κ3) is 3.52. The van der Waals surface area contributed by atoms with Gasteiger partial charge in [-0.1, -0.05) is 17.7 Å². The summed E-state index contributed by atoms with van der Waals surface area (Å²) in [4.78, 5) is 12.3. The number of hydrogen-bond acceptors (Lipinski definition) is 6. The van der Waals surface area contributed by atoms with E-state index < -0.39 is 21.8 Å². The van der Waals surface area contributed by atoms with Gasteiger partial charge in [0, 0.05) is 6.07 Å². The number of Topliss-reactive ketones (excluding diaryl/α,β-unsaturated/α-hetero) is 1. The summed E-state index contributed by atoms with van der Waals surface area (Å²) in [6.07, 6.45) is -0.610. The Kier molecular flexibility index (Phi) is 4.09. The predicted octanol–water partition coefficient (Wildman–Crippen LogP) is 2.83. The van der Waals surface area contributed by atoms with Crippen LogP contribution >= 0.6 is 0 Å². The summed E-state index contributed by atoms with van der Waals surface area (Å²) in [6.45, 7) is 5.40. The van der Waals surface area contributed by atoms with E-state index in [2.05, 4.69) is 0 Å². The fraction of sp³-hybridized carbons (Fsp3) is 0.278. The summed E-state index contributed by atoms with van der Waals surface area (Å²) >= 11 is 0. The zero-order valence-electron chi connectivity index (χ0n) is 14.0. The number of aromatic hydroxyl groups is 1. The number of rotatable bonds is 5. The lowest BCUT2D eigenvalue weighted by Crippen LogP contribution is -2.15. The largest absolute Gasteiger partial charge is 0.507 e. The van der Waals surface area contributed by atoms with E-state index in [4.69, 9.17) is 8.92 Å². The third-order valence-electron chi connectivity index (χ3n) is 3.98. The molecule has 1 N–H and O–H groups in total. The highest BCUT2D eigenvalue weighted by atomic mass is 32.2. The Morgan fingerprint density at radius 3 is 2.28 bits per heavy atom. The SMILES string of the molecule is Cc1ccc(S(=O)(=O)Oc2ccc(C(=O)C3OC3(C)C)c(O)c2)cc1. The Morgan fingerprint density at radius 2 is 1.76 bits per heavy atom. The zero-order chi connectivity index (χ0) is 18.4. The van der Waals surface area contributed by atoms with Gasteiger partial charge in [-0.05, 0) is 45.0 Å². The number of aryl methyl sites for hydroxylation is 1. The van der Waals surface area contributed by atoms with E-state index >= 15 is 0 Å². The highest BCUT2D eigenvalue weighted by molar-refractivity contribution is 7.87. The van der Waals surface area contributed by atoms with Gasteiger partial charge in [-0.2, -0.15) is 8.42 Å². The minimum atomic E-state index is -4.02. The van der Waals surface area contributed by atoms with Crippen molar-refractivity contribution < 1.29 is 27.2 Å². The first-order valence-electron chi connectivity index (χ1n) is 7.66. The summed E-state index contributed by atoms with van der Waals surface area (Å²) < 4.78 is 34.8. The molecule has 6 nitrogen and oxygen atoms in total. The van der Waals surface area contributed by atoms with Crippen LogP contribution < -0.4 is 4.18 Å². The number of benzene rings is 2. The first-order chi connectivity index (χ1) is 11.6. The molecule has 0 aliphatic carbocycles. The van der Waals surface area contributed by atoms with Crippen LogP contribution in [0, 0.1) is 6.92 Å². The van der Waals surface area contributed by atoms with Crippen LogP contribution in [0.25, 0.3) is 0 Å². The Balaban J connectivity index is 1.81. The highest BCUT2D eigenvalue weighted by Crippen LogP contribution is 2.39. The van der Waals surface area contributed by atoms with E-state index in [0.717, 1.165) is 11.6 Å². The lowest BCUT2D eigenvalue weighted by Gasteiger charge is -2.09. The molecule has 2 aromatic carbocycles. The second-order valence-electron chi connectivity index (χ2n) is 6.50. The van der Waals surface area contributed by atoms with Crippen LogP contribution in [0.2, 0.25) is 0 Å². The van der Waals surface area contributed by atoms with Crippen molar-refractivity contribution in [1.29, 1.82) is 0 Å². The topological polar surface area (TPSA) is 93.2 Å². The second kappa shape index (κ2) is 5.86. The summed E-state index contributed by atoms with van der Waals surface area (Å²) in [7, 11) is -4.02. The van der Waals surface area contributed by atoms with Gasteiger partial charge in [0.1, 0.15) is 22.5 Å². The fourth-order valence-electron chi connectivity index (χ4n) is 2.43. The number of phenolic OH excluding ortho intramolecular Hbond substituents is 1. The number of epoxide rings is 1. The van der Waals surface area contributed by atoms with Crippen molar-refractivity contribution in [2.75, 3.05) is 0 Å². The fourth-order valence-corrected chi connectivity index (χ4v) is 3.35. The van der Waals surface area contributed by atoms with E-state index in [1.54, 1.807) is 26.0 Å². The molecule has 1 saturated heterocycles. The van der Waals surface area contributed by atoms with Crippen molar-refractivity contribution in [2.24, 2.45) is 0 Å². The van der Waals surface area contributed by atoms with Crippen LogP contribution in [0.3, 0.4) is 0 Å². The number of ketones is 1. The summed E-state index contributed by atoms with van der Waals surface area (Å²) in [6, 6.07) is 9.96. The van der Waals surface area contributed by atoms with Crippen LogP contribution in [0.4, 0.5) is 0 Å². The normalized spacial score (nSPS) is 18.6. The van der Waals surface area contributed by atoms with E-state index in [0.29, 0.717) is 0 Å². The predicted molar refractivity (Wildman–Crippen MR) is 90.4 cm³/mol. The van der Waals surface area contributed by atoms with Gasteiger partial charge in [0.25, 0.3) is 0 Å². The Labute approximate surface area is 146 Å². The number of ether oxygens (including phenoxy) is 1. The zero-order valence-corrected chi connectivity index (χ0v) is 14.8. The van der Waals surface area contributed by atoms with Crippen molar-refractivity contribution in [1.82, 2.24) is 0 Å². The quantitative estimate of drug-likeness (QED) is 0.499. The van der Waals surface area contributed by atoms with Crippen LogP contribution in [0.5, 0.6) is 11.5 Å². The molecule has 1 unspecified atom stereocenters. The molecule has 1 aliphatic heterocycles. The molecule has 0 bridgehead atoms. The molecule has 3 rings (SSSR count). The molecule has 0 radical (unpaired) electrons. The van der Waals surface area contributed by atoms with Crippen molar-refractivity contribution in [3.63, 3.8) is 0 Å². The molecule has 25 heavy (non-hydrogen) atoms. The van der Waals surface area contributed by atoms with E-state index in [9.17, 15) is 18.3 Å². The van der Waals surface area contributed by atoms with E-state index in [1.807, 2.05) is 6.92 Å². The summed E-state index contributed by atoms with van der Waals surface area (Å²) in [5.74, 6) is -0.783. The highest BCUT2D eigenvalue weighted by Gasteiger charge is 2.53. The van der Waals surface area contributed by atoms with Crippen LogP contribution in [0.15, 0.2) is 47.4 Å². The average molecular weight is 362 g/mol. The smallest absolute Gasteiger partial charge is 0.339 e. The third-order valence-corrected chi connectivity index (χ3v) is 5.25. The second-order valence-corrected chi connectivity index (χ2v) is 8.04. The molecule has 132 valence electrons. The monoisotopic (exact) mass is 362 g/mol. The van der Waals surface area contributed by atoms with Crippen LogP contribution in [-0.4, -0.2) is 31.0 Å². The molecule has 1 atom stereocenters. The van der Waals surface area contributed by atoms with Crippen LogP contribution in [-0.2, 0) is 14.9 Å². The van der Waals surface area contributed by atoms with Gasteiger partial charge in [-0.3, -0.25) is 4.79 Å². The van der Waals surface area contributed by atoms with Crippen molar-refractivity contribution in [3.8, 4) is 11.5 Å². The van der Waals surface area contributed by atoms with Crippen molar-refractivity contribution in [3.05, 3.63) is 53.6 Å². The molecule has 0 saturated carbocycles. The van der Waals surface area contributed by atoms with E-state index in [-0.39, 0.29) is 27.7 Å². The molecular weight excluding hydrogens is 344 g/mol. The number of hydrogen-bond donors (Lipinski definition) is 1. The number of carbonyl (C=O) groups is 1. The molecule has 1 aliphatic rings. The lowest BCUT2D eigenvalue weighted by atomic mass is 10.0. The molecule has 7 heteroatoms. The maximum Gasteiger partial charge on any atom is 0.339 e. The molecule has 1 fully saturated rings. The van der Waals surface area contributed by atoms with Crippen LogP contribution in [0.1, 0.15) is 29.8 Å². The maximum absolute atomic E-state index is 12.3. The summed E-state index contributed by atoms with van der Waals surface area (Å²) in [5, 5.41) is 10.1. The molecule has 0 spiro atoms. The average Bonchev–Trinajstić information content (AvgIpc) is 3.15. The Bertz CT molecular complexity index is 929. The first kappa shape index (κ1) is 17.4. The number of carbonyl (C=O) groups excluding carboxylic acids is 1. The van der Waals surface area contributed by atoms with Gasteiger partial charge < -0.3 is 14.0 Å². The molecule has 1 heterocycles. The van der Waals surface area contributed by atoms with Gasteiger partial charge in [0.15, 0.2) is 5.78 Å². The molecule has 0 aromatic heterocycles.